The molecule has 0 aliphatic carbocycles. The average Bonchev–Trinajstić information content (AvgIpc) is 3.09. The number of anilines is 1. The van der Waals surface area contributed by atoms with E-state index in [2.05, 4.69) is 57.4 Å². The molecule has 3 aromatic rings. The van der Waals surface area contributed by atoms with Gasteiger partial charge in [0.2, 0.25) is 5.91 Å². The van der Waals surface area contributed by atoms with Crippen LogP contribution < -0.4 is 10.1 Å². The minimum Gasteiger partial charge on any atom is -0.483 e. The molecule has 6 nitrogen and oxygen atoms in total. The summed E-state index contributed by atoms with van der Waals surface area (Å²) < 4.78 is 8.86. The van der Waals surface area contributed by atoms with Crippen molar-refractivity contribution in [2.24, 2.45) is 7.05 Å². The second-order valence-corrected chi connectivity index (χ2v) is 9.09. The van der Waals surface area contributed by atoms with Crippen molar-refractivity contribution in [3.05, 3.63) is 64.4 Å². The average molecular weight is 489 g/mol. The van der Waals surface area contributed by atoms with Crippen LogP contribution in [0.2, 0.25) is 0 Å². The Morgan fingerprint density at radius 2 is 1.77 bits per heavy atom. The first kappa shape index (κ1) is 22.4. The summed E-state index contributed by atoms with van der Waals surface area (Å²) >= 11 is 4.72. The van der Waals surface area contributed by atoms with E-state index in [1.54, 1.807) is 0 Å². The summed E-state index contributed by atoms with van der Waals surface area (Å²) in [6.07, 6.45) is -0.265. The maximum absolute atomic E-state index is 12.2. The molecule has 0 aliphatic heterocycles. The summed E-state index contributed by atoms with van der Waals surface area (Å²) in [5, 5.41) is 12.0. The third-order valence-corrected chi connectivity index (χ3v) is 6.10. The summed E-state index contributed by atoms with van der Waals surface area (Å²) in [4.78, 5) is 12.2. The Balaban J connectivity index is 1.56. The van der Waals surface area contributed by atoms with Gasteiger partial charge in [-0.05, 0) is 54.8 Å². The summed E-state index contributed by atoms with van der Waals surface area (Å²) in [6.45, 7) is 6.27. The fourth-order valence-corrected chi connectivity index (χ4v) is 3.84. The number of hydrogen-bond donors (Lipinski definition) is 1. The number of rotatable bonds is 8. The van der Waals surface area contributed by atoms with Gasteiger partial charge >= 0.3 is 0 Å². The van der Waals surface area contributed by atoms with Gasteiger partial charge in [0, 0.05) is 17.2 Å². The van der Waals surface area contributed by atoms with E-state index < -0.39 is 0 Å². The highest BCUT2D eigenvalue weighted by atomic mass is 79.9. The van der Waals surface area contributed by atoms with Crippen LogP contribution in [-0.2, 0) is 11.8 Å². The summed E-state index contributed by atoms with van der Waals surface area (Å²) in [7, 11) is 1.88. The number of hydrogen-bond acceptors (Lipinski definition) is 5. The van der Waals surface area contributed by atoms with Crippen LogP contribution in [0.5, 0.6) is 5.75 Å². The Labute approximate surface area is 189 Å². The van der Waals surface area contributed by atoms with Gasteiger partial charge in [0.1, 0.15) is 5.75 Å². The van der Waals surface area contributed by atoms with Crippen LogP contribution >= 0.6 is 27.7 Å². The van der Waals surface area contributed by atoms with E-state index in [-0.39, 0.29) is 17.8 Å². The lowest BCUT2D eigenvalue weighted by Crippen LogP contribution is -2.14. The predicted octanol–water partition coefficient (Wildman–Crippen LogP) is 5.57. The number of aromatic nitrogens is 3. The SMILES string of the molecule is CC(C)c1ccc(OC(C)c2nnc(SCC(=O)Nc3ccc(Br)cc3)n2C)cc1. The lowest BCUT2D eigenvalue weighted by atomic mass is 10.0. The molecule has 0 radical (unpaired) electrons. The van der Waals surface area contributed by atoms with Crippen LogP contribution in [0, 0.1) is 0 Å². The normalized spacial score (nSPS) is 12.1. The van der Waals surface area contributed by atoms with Gasteiger partial charge in [0.05, 0.1) is 5.75 Å². The first-order valence-corrected chi connectivity index (χ1v) is 11.5. The van der Waals surface area contributed by atoms with E-state index in [4.69, 9.17) is 4.74 Å². The number of amides is 1. The highest BCUT2D eigenvalue weighted by molar-refractivity contribution is 9.10. The van der Waals surface area contributed by atoms with E-state index in [9.17, 15) is 4.79 Å². The van der Waals surface area contributed by atoms with Gasteiger partial charge in [0.25, 0.3) is 0 Å². The van der Waals surface area contributed by atoms with E-state index in [1.165, 1.54) is 17.3 Å². The molecule has 1 N–H and O–H groups in total. The Kier molecular flexibility index (Phi) is 7.55. The Hall–Kier alpha value is -2.32. The molecule has 1 atom stereocenters. The van der Waals surface area contributed by atoms with E-state index in [0.29, 0.717) is 16.9 Å². The minimum atomic E-state index is -0.265. The molecule has 1 amide bonds. The molecule has 0 bridgehead atoms. The number of halogens is 1. The van der Waals surface area contributed by atoms with Gasteiger partial charge in [0.15, 0.2) is 17.1 Å². The van der Waals surface area contributed by atoms with Crippen LogP contribution in [0.1, 0.15) is 44.2 Å². The molecule has 0 aliphatic rings. The Morgan fingerprint density at radius 1 is 1.10 bits per heavy atom. The van der Waals surface area contributed by atoms with E-state index >= 15 is 0 Å². The number of thioether (sulfide) groups is 1. The molecule has 3 rings (SSSR count). The molecule has 0 fully saturated rings. The highest BCUT2D eigenvalue weighted by Crippen LogP contribution is 2.25. The van der Waals surface area contributed by atoms with Crippen LogP contribution in [0.4, 0.5) is 5.69 Å². The molecule has 8 heteroatoms. The lowest BCUT2D eigenvalue weighted by Gasteiger charge is -2.15. The van der Waals surface area contributed by atoms with Crippen LogP contribution in [0.25, 0.3) is 0 Å². The zero-order valence-corrected chi connectivity index (χ0v) is 19.8. The van der Waals surface area contributed by atoms with E-state index in [1.807, 2.05) is 54.9 Å². The van der Waals surface area contributed by atoms with Gasteiger partial charge in [-0.2, -0.15) is 0 Å². The lowest BCUT2D eigenvalue weighted by molar-refractivity contribution is -0.113. The maximum Gasteiger partial charge on any atom is 0.234 e. The third-order valence-electron chi connectivity index (χ3n) is 4.55. The van der Waals surface area contributed by atoms with Crippen LogP contribution in [0.3, 0.4) is 0 Å². The molecule has 0 spiro atoms. The summed E-state index contributed by atoms with van der Waals surface area (Å²) in [6, 6.07) is 15.6. The summed E-state index contributed by atoms with van der Waals surface area (Å²) in [5.74, 6) is 2.13. The molecule has 1 unspecified atom stereocenters. The van der Waals surface area contributed by atoms with Crippen molar-refractivity contribution in [1.29, 1.82) is 0 Å². The quantitative estimate of drug-likeness (QED) is 0.419. The van der Waals surface area contributed by atoms with Crippen LogP contribution in [-0.4, -0.2) is 26.4 Å². The minimum absolute atomic E-state index is 0.0959. The topological polar surface area (TPSA) is 69.0 Å². The van der Waals surface area contributed by atoms with Crippen molar-refractivity contribution in [2.45, 2.75) is 37.9 Å². The predicted molar refractivity (Wildman–Crippen MR) is 124 cm³/mol. The third kappa shape index (κ3) is 5.86. The first-order chi connectivity index (χ1) is 14.3. The molecule has 0 saturated heterocycles. The Morgan fingerprint density at radius 3 is 2.40 bits per heavy atom. The molecule has 1 heterocycles. The van der Waals surface area contributed by atoms with Crippen molar-refractivity contribution in [3.63, 3.8) is 0 Å². The monoisotopic (exact) mass is 488 g/mol. The molecule has 158 valence electrons. The van der Waals surface area contributed by atoms with Crippen molar-refractivity contribution in [1.82, 2.24) is 14.8 Å². The second kappa shape index (κ2) is 10.1. The number of benzene rings is 2. The molecule has 1 aromatic heterocycles. The zero-order valence-electron chi connectivity index (χ0n) is 17.4. The standard InChI is InChI=1S/C22H25BrN4O2S/c1-14(2)16-5-11-19(12-6-16)29-15(3)21-25-26-22(27(21)4)30-13-20(28)24-18-9-7-17(23)8-10-18/h5-12,14-15H,13H2,1-4H3,(H,24,28). The first-order valence-electron chi connectivity index (χ1n) is 9.67. The number of nitrogens with one attached hydrogen (secondary N) is 1. The number of carbonyl (C=O) groups excluding carboxylic acids is 1. The fourth-order valence-electron chi connectivity index (χ4n) is 2.85. The van der Waals surface area contributed by atoms with E-state index in [0.717, 1.165) is 15.9 Å². The zero-order chi connectivity index (χ0) is 21.7. The number of ether oxygens (including phenoxy) is 1. The fraction of sp³-hybridized carbons (Fsp3) is 0.318. The van der Waals surface area contributed by atoms with Gasteiger partial charge in [-0.1, -0.05) is 53.7 Å². The molecular weight excluding hydrogens is 464 g/mol. The Bertz CT molecular complexity index is 987. The maximum atomic E-state index is 12.2. The molecule has 0 saturated carbocycles. The van der Waals surface area contributed by atoms with Gasteiger partial charge < -0.3 is 14.6 Å². The van der Waals surface area contributed by atoms with Crippen molar-refractivity contribution in [3.8, 4) is 5.75 Å². The summed E-state index contributed by atoms with van der Waals surface area (Å²) in [5.41, 5.74) is 2.03. The highest BCUT2D eigenvalue weighted by Gasteiger charge is 2.18. The second-order valence-electron chi connectivity index (χ2n) is 7.23. The number of carbonyl (C=O) groups is 1. The molecule has 30 heavy (non-hydrogen) atoms. The van der Waals surface area contributed by atoms with Gasteiger partial charge in [-0.15, -0.1) is 10.2 Å². The van der Waals surface area contributed by atoms with Crippen LogP contribution in [0.15, 0.2) is 58.2 Å². The molecule has 2 aromatic carbocycles. The largest absolute Gasteiger partial charge is 0.483 e. The van der Waals surface area contributed by atoms with Crippen molar-refractivity contribution >= 4 is 39.3 Å². The smallest absolute Gasteiger partial charge is 0.234 e. The number of nitrogens with zero attached hydrogens (tertiary/aromatic N) is 3. The van der Waals surface area contributed by atoms with Gasteiger partial charge in [-0.25, -0.2) is 0 Å². The molecular formula is C22H25BrN4O2S. The van der Waals surface area contributed by atoms with Crippen molar-refractivity contribution in [2.75, 3.05) is 11.1 Å². The van der Waals surface area contributed by atoms with Gasteiger partial charge in [-0.3, -0.25) is 4.79 Å². The van der Waals surface area contributed by atoms with Crippen molar-refractivity contribution < 1.29 is 9.53 Å².